The van der Waals surface area contributed by atoms with Crippen LogP contribution in [0.4, 0.5) is 11.4 Å². The van der Waals surface area contributed by atoms with Gasteiger partial charge in [-0.05, 0) is 63.8 Å². The SMILES string of the molecule is CCN(CC)c1ccc(NC(=O)C2CC2C(=O)N2CCCCC2)cc1. The van der Waals surface area contributed by atoms with Crippen LogP contribution in [0.5, 0.6) is 0 Å². The van der Waals surface area contributed by atoms with E-state index in [1.807, 2.05) is 29.2 Å². The van der Waals surface area contributed by atoms with Gasteiger partial charge in [-0.25, -0.2) is 0 Å². The highest BCUT2D eigenvalue weighted by molar-refractivity contribution is 5.99. The van der Waals surface area contributed by atoms with Crippen molar-refractivity contribution in [2.75, 3.05) is 36.4 Å². The standard InChI is InChI=1S/C20H29N3O2/c1-3-22(4-2)16-10-8-15(9-11-16)21-19(24)17-14-18(17)20(25)23-12-6-5-7-13-23/h8-11,17-18H,3-7,12-14H2,1-2H3,(H,21,24). The molecule has 1 aromatic rings. The maximum absolute atomic E-state index is 12.5. The van der Waals surface area contributed by atoms with Gasteiger partial charge < -0.3 is 15.1 Å². The molecule has 1 aliphatic heterocycles. The van der Waals surface area contributed by atoms with Gasteiger partial charge >= 0.3 is 0 Å². The fraction of sp³-hybridized carbons (Fsp3) is 0.600. The third kappa shape index (κ3) is 4.14. The summed E-state index contributed by atoms with van der Waals surface area (Å²) in [4.78, 5) is 29.1. The summed E-state index contributed by atoms with van der Waals surface area (Å²) in [5.74, 6) is -0.104. The first-order valence-electron chi connectivity index (χ1n) is 9.58. The number of nitrogens with one attached hydrogen (secondary N) is 1. The van der Waals surface area contributed by atoms with E-state index in [1.54, 1.807) is 0 Å². The maximum Gasteiger partial charge on any atom is 0.228 e. The van der Waals surface area contributed by atoms with Gasteiger partial charge in [0.1, 0.15) is 0 Å². The molecular formula is C20H29N3O2. The number of anilines is 2. The second-order valence-corrected chi connectivity index (χ2v) is 7.04. The lowest BCUT2D eigenvalue weighted by atomic mass is 10.1. The van der Waals surface area contributed by atoms with Crippen LogP contribution < -0.4 is 10.2 Å². The molecule has 1 aliphatic carbocycles. The molecule has 2 fully saturated rings. The molecule has 1 saturated heterocycles. The van der Waals surface area contributed by atoms with E-state index in [9.17, 15) is 9.59 Å². The Morgan fingerprint density at radius 2 is 1.68 bits per heavy atom. The molecule has 2 aliphatic rings. The zero-order valence-electron chi connectivity index (χ0n) is 15.3. The van der Waals surface area contributed by atoms with Gasteiger partial charge in [-0.2, -0.15) is 0 Å². The second kappa shape index (κ2) is 7.89. The Labute approximate surface area is 150 Å². The van der Waals surface area contributed by atoms with Crippen molar-refractivity contribution >= 4 is 23.2 Å². The summed E-state index contributed by atoms with van der Waals surface area (Å²) in [7, 11) is 0. The summed E-state index contributed by atoms with van der Waals surface area (Å²) in [6, 6.07) is 7.95. The number of carbonyl (C=O) groups is 2. The van der Waals surface area contributed by atoms with Crippen LogP contribution in [0.25, 0.3) is 0 Å². The Morgan fingerprint density at radius 1 is 1.04 bits per heavy atom. The van der Waals surface area contributed by atoms with E-state index in [4.69, 9.17) is 0 Å². The molecule has 136 valence electrons. The first-order chi connectivity index (χ1) is 12.1. The zero-order valence-corrected chi connectivity index (χ0v) is 15.3. The van der Waals surface area contributed by atoms with Gasteiger partial charge in [0.2, 0.25) is 11.8 Å². The number of benzene rings is 1. The normalized spacial score (nSPS) is 22.4. The number of hydrogen-bond acceptors (Lipinski definition) is 3. The van der Waals surface area contributed by atoms with Crippen LogP contribution in [-0.2, 0) is 9.59 Å². The molecule has 2 unspecified atom stereocenters. The lowest BCUT2D eigenvalue weighted by Gasteiger charge is -2.26. The minimum Gasteiger partial charge on any atom is -0.372 e. The van der Waals surface area contributed by atoms with E-state index >= 15 is 0 Å². The highest BCUT2D eigenvalue weighted by atomic mass is 16.2. The highest BCUT2D eigenvalue weighted by Gasteiger charge is 2.49. The van der Waals surface area contributed by atoms with Crippen molar-refractivity contribution in [2.24, 2.45) is 11.8 Å². The number of carbonyl (C=O) groups excluding carboxylic acids is 2. The van der Waals surface area contributed by atoms with Gasteiger partial charge in [0.25, 0.3) is 0 Å². The highest BCUT2D eigenvalue weighted by Crippen LogP contribution is 2.41. The maximum atomic E-state index is 12.5. The van der Waals surface area contributed by atoms with Gasteiger partial charge in [-0.3, -0.25) is 9.59 Å². The molecule has 1 aromatic carbocycles. The lowest BCUT2D eigenvalue weighted by Crippen LogP contribution is -2.37. The summed E-state index contributed by atoms with van der Waals surface area (Å²) in [5.41, 5.74) is 1.96. The van der Waals surface area contributed by atoms with E-state index < -0.39 is 0 Å². The van der Waals surface area contributed by atoms with Crippen molar-refractivity contribution < 1.29 is 9.59 Å². The third-order valence-electron chi connectivity index (χ3n) is 5.38. The van der Waals surface area contributed by atoms with Crippen molar-refractivity contribution in [1.29, 1.82) is 0 Å². The van der Waals surface area contributed by atoms with Crippen LogP contribution in [0, 0.1) is 11.8 Å². The van der Waals surface area contributed by atoms with Crippen LogP contribution in [0.15, 0.2) is 24.3 Å². The topological polar surface area (TPSA) is 52.7 Å². The molecule has 2 atom stereocenters. The van der Waals surface area contributed by atoms with E-state index in [0.29, 0.717) is 6.42 Å². The van der Waals surface area contributed by atoms with Gasteiger partial charge in [0, 0.05) is 37.6 Å². The fourth-order valence-corrected chi connectivity index (χ4v) is 3.69. The van der Waals surface area contributed by atoms with Crippen LogP contribution in [0.2, 0.25) is 0 Å². The molecule has 0 spiro atoms. The first kappa shape index (κ1) is 17.8. The van der Waals surface area contributed by atoms with Crippen molar-refractivity contribution in [3.63, 3.8) is 0 Å². The Morgan fingerprint density at radius 3 is 2.28 bits per heavy atom. The van der Waals surface area contributed by atoms with E-state index in [2.05, 4.69) is 24.1 Å². The van der Waals surface area contributed by atoms with Crippen LogP contribution >= 0.6 is 0 Å². The Balaban J connectivity index is 1.52. The predicted octanol–water partition coefficient (Wildman–Crippen LogP) is 3.12. The van der Waals surface area contributed by atoms with Crippen LogP contribution in [0.3, 0.4) is 0 Å². The van der Waals surface area contributed by atoms with Crippen LogP contribution in [0.1, 0.15) is 39.5 Å². The first-order valence-corrected chi connectivity index (χ1v) is 9.58. The van der Waals surface area contributed by atoms with Gasteiger partial charge in [0.15, 0.2) is 0 Å². The van der Waals surface area contributed by atoms with Crippen molar-refractivity contribution in [3.8, 4) is 0 Å². The molecule has 1 saturated carbocycles. The van der Waals surface area contributed by atoms with Gasteiger partial charge in [-0.1, -0.05) is 0 Å². The predicted molar refractivity (Wildman–Crippen MR) is 101 cm³/mol. The molecule has 1 heterocycles. The average molecular weight is 343 g/mol. The minimum atomic E-state index is -0.156. The third-order valence-corrected chi connectivity index (χ3v) is 5.38. The molecule has 2 amide bonds. The Hall–Kier alpha value is -2.04. The van der Waals surface area contributed by atoms with Crippen LogP contribution in [-0.4, -0.2) is 42.9 Å². The summed E-state index contributed by atoms with van der Waals surface area (Å²) in [6.07, 6.45) is 4.09. The number of piperidine rings is 1. The Kier molecular flexibility index (Phi) is 5.61. The molecule has 0 radical (unpaired) electrons. The summed E-state index contributed by atoms with van der Waals surface area (Å²) in [5, 5.41) is 2.97. The molecular weight excluding hydrogens is 314 g/mol. The molecule has 25 heavy (non-hydrogen) atoms. The number of likely N-dealkylation sites (tertiary alicyclic amines) is 1. The van der Waals surface area contributed by atoms with E-state index in [0.717, 1.165) is 50.4 Å². The largest absolute Gasteiger partial charge is 0.372 e. The molecule has 5 heteroatoms. The van der Waals surface area contributed by atoms with E-state index in [1.165, 1.54) is 6.42 Å². The fourth-order valence-electron chi connectivity index (χ4n) is 3.69. The molecule has 3 rings (SSSR count). The minimum absolute atomic E-state index is 0.0223. The zero-order chi connectivity index (χ0) is 17.8. The summed E-state index contributed by atoms with van der Waals surface area (Å²) in [6.45, 7) is 7.90. The monoisotopic (exact) mass is 343 g/mol. The second-order valence-electron chi connectivity index (χ2n) is 7.04. The van der Waals surface area contributed by atoms with Crippen molar-refractivity contribution in [3.05, 3.63) is 24.3 Å². The lowest BCUT2D eigenvalue weighted by molar-refractivity contribution is -0.134. The average Bonchev–Trinajstić information content (AvgIpc) is 3.45. The van der Waals surface area contributed by atoms with Gasteiger partial charge in [-0.15, -0.1) is 0 Å². The molecule has 0 aromatic heterocycles. The summed E-state index contributed by atoms with van der Waals surface area (Å²) >= 11 is 0. The number of nitrogens with zero attached hydrogens (tertiary/aromatic N) is 2. The molecule has 5 nitrogen and oxygen atoms in total. The smallest absolute Gasteiger partial charge is 0.228 e. The molecule has 1 N–H and O–H groups in total. The quantitative estimate of drug-likeness (QED) is 0.863. The number of hydrogen-bond donors (Lipinski definition) is 1. The molecule has 0 bridgehead atoms. The number of amides is 2. The van der Waals surface area contributed by atoms with Gasteiger partial charge in [0.05, 0.1) is 11.8 Å². The van der Waals surface area contributed by atoms with E-state index in [-0.39, 0.29) is 23.7 Å². The number of rotatable bonds is 6. The van der Waals surface area contributed by atoms with Crippen molar-refractivity contribution in [2.45, 2.75) is 39.5 Å². The summed E-state index contributed by atoms with van der Waals surface area (Å²) < 4.78 is 0. The Bertz CT molecular complexity index is 604. The van der Waals surface area contributed by atoms with Crippen molar-refractivity contribution in [1.82, 2.24) is 4.90 Å².